The highest BCUT2D eigenvalue weighted by molar-refractivity contribution is 6.84. The Morgan fingerprint density at radius 1 is 0.758 bits per heavy atom. The molecular formula is C26H46O5Si2. The monoisotopic (exact) mass is 494 g/mol. The van der Waals surface area contributed by atoms with Gasteiger partial charge in [-0.2, -0.15) is 0 Å². The van der Waals surface area contributed by atoms with E-state index in [1.54, 1.807) is 19.2 Å². The molecule has 0 saturated carbocycles. The summed E-state index contributed by atoms with van der Waals surface area (Å²) >= 11 is 0. The van der Waals surface area contributed by atoms with Crippen molar-refractivity contribution in [3.63, 3.8) is 0 Å². The van der Waals surface area contributed by atoms with Crippen LogP contribution in [0.2, 0.25) is 38.3 Å². The number of aryl methyl sites for hydroxylation is 2. The Labute approximate surface area is 203 Å². The lowest BCUT2D eigenvalue weighted by Crippen LogP contribution is -2.44. The van der Waals surface area contributed by atoms with Gasteiger partial charge in [0.1, 0.15) is 5.75 Å². The zero-order valence-corrected chi connectivity index (χ0v) is 21.6. The van der Waals surface area contributed by atoms with Gasteiger partial charge in [-0.3, -0.25) is 0 Å². The molecule has 0 unspecified atom stereocenters. The second-order valence-corrected chi connectivity index (χ2v) is 18.3. The lowest BCUT2D eigenvalue weighted by atomic mass is 10.1. The van der Waals surface area contributed by atoms with Crippen LogP contribution in [-0.4, -0.2) is 39.1 Å². The van der Waals surface area contributed by atoms with Crippen molar-refractivity contribution in [2.24, 2.45) is 0 Å². The lowest BCUT2D eigenvalue weighted by Gasteiger charge is -2.34. The largest absolute Gasteiger partial charge is 0.508 e. The molecule has 0 fully saturated rings. The van der Waals surface area contributed by atoms with Crippen LogP contribution in [0.25, 0.3) is 0 Å². The molecule has 0 spiro atoms. The fraction of sp³-hybridized carbons (Fsp3) is 0.538. The SMILES string of the molecule is C.C.COc1cc(CCC[Si](C)(C)O[Si](C)(C)CCCc2ccc(O)c(CO)c2)ccc1O. The molecule has 0 atom stereocenters. The maximum atomic E-state index is 9.74. The summed E-state index contributed by atoms with van der Waals surface area (Å²) < 4.78 is 12.0. The van der Waals surface area contributed by atoms with Gasteiger partial charge in [0, 0.05) is 5.56 Å². The number of phenols is 2. The first-order valence-electron chi connectivity index (χ1n) is 11.0. The van der Waals surface area contributed by atoms with E-state index in [4.69, 9.17) is 8.85 Å². The van der Waals surface area contributed by atoms with Crippen LogP contribution >= 0.6 is 0 Å². The maximum absolute atomic E-state index is 9.74. The van der Waals surface area contributed by atoms with Crippen LogP contribution in [0.5, 0.6) is 17.2 Å². The molecule has 2 aromatic rings. The van der Waals surface area contributed by atoms with Crippen molar-refractivity contribution in [3.8, 4) is 17.2 Å². The zero-order valence-electron chi connectivity index (χ0n) is 19.6. The van der Waals surface area contributed by atoms with Gasteiger partial charge in [0.2, 0.25) is 0 Å². The van der Waals surface area contributed by atoms with Gasteiger partial charge in [0.15, 0.2) is 28.1 Å². The quantitative estimate of drug-likeness (QED) is 0.281. The van der Waals surface area contributed by atoms with Gasteiger partial charge in [-0.25, -0.2) is 0 Å². The topological polar surface area (TPSA) is 79.2 Å². The number of hydrogen-bond donors (Lipinski definition) is 3. The summed E-state index contributed by atoms with van der Waals surface area (Å²) in [4.78, 5) is 0. The third-order valence-corrected chi connectivity index (χ3v) is 13.1. The molecule has 2 rings (SSSR count). The van der Waals surface area contributed by atoms with Gasteiger partial charge in [-0.1, -0.05) is 27.0 Å². The zero-order chi connectivity index (χ0) is 23.1. The molecule has 0 bridgehead atoms. The Bertz CT molecular complexity index is 783. The van der Waals surface area contributed by atoms with E-state index in [2.05, 4.69) is 26.2 Å². The van der Waals surface area contributed by atoms with Crippen molar-refractivity contribution in [2.45, 2.75) is 85.4 Å². The number of aromatic hydroxyl groups is 2. The summed E-state index contributed by atoms with van der Waals surface area (Å²) in [5.74, 6) is 0.859. The highest BCUT2D eigenvalue weighted by Crippen LogP contribution is 2.29. The van der Waals surface area contributed by atoms with E-state index in [0.29, 0.717) is 11.3 Å². The van der Waals surface area contributed by atoms with Crippen molar-refractivity contribution < 1.29 is 24.2 Å². The molecule has 33 heavy (non-hydrogen) atoms. The molecule has 0 heterocycles. The Morgan fingerprint density at radius 2 is 1.24 bits per heavy atom. The van der Waals surface area contributed by atoms with Crippen LogP contribution in [-0.2, 0) is 23.6 Å². The van der Waals surface area contributed by atoms with Crippen LogP contribution in [0, 0.1) is 0 Å². The first-order chi connectivity index (χ1) is 14.5. The minimum absolute atomic E-state index is 0. The van der Waals surface area contributed by atoms with E-state index in [-0.39, 0.29) is 33.0 Å². The molecule has 0 aromatic heterocycles. The number of rotatable bonds is 12. The van der Waals surface area contributed by atoms with Gasteiger partial charge in [-0.05, 0) is 99.4 Å². The normalized spacial score (nSPS) is 11.5. The number of methoxy groups -OCH3 is 1. The first kappa shape index (κ1) is 31.2. The van der Waals surface area contributed by atoms with Crippen molar-refractivity contribution in [3.05, 3.63) is 53.1 Å². The standard InChI is InChI=1S/C24H38O5Si2.2CH4/c1-28-24-17-20(11-13-23(24)27)9-7-15-31(4,5)29-30(2,3)14-6-8-19-10-12-22(26)21(16-19)18-25;;/h10-13,16-17,25-27H,6-9,14-15,18H2,1-5H3;2*1H4. The number of aliphatic hydroxyl groups is 1. The Hall–Kier alpha value is -1.81. The van der Waals surface area contributed by atoms with Crippen LogP contribution in [0.4, 0.5) is 0 Å². The average Bonchev–Trinajstić information content (AvgIpc) is 2.69. The van der Waals surface area contributed by atoms with E-state index >= 15 is 0 Å². The summed E-state index contributed by atoms with van der Waals surface area (Å²) in [6.45, 7) is 9.10. The molecule has 3 N–H and O–H groups in total. The average molecular weight is 495 g/mol. The lowest BCUT2D eigenvalue weighted by molar-refractivity contribution is 0.275. The fourth-order valence-electron chi connectivity index (χ4n) is 4.09. The van der Waals surface area contributed by atoms with Gasteiger partial charge in [0.05, 0.1) is 13.7 Å². The van der Waals surface area contributed by atoms with E-state index in [9.17, 15) is 15.3 Å². The van der Waals surface area contributed by atoms with E-state index < -0.39 is 16.6 Å². The fourth-order valence-corrected chi connectivity index (χ4v) is 12.9. The van der Waals surface area contributed by atoms with Crippen LogP contribution < -0.4 is 4.74 Å². The molecule has 0 saturated heterocycles. The molecule has 0 radical (unpaired) electrons. The molecule has 0 amide bonds. The van der Waals surface area contributed by atoms with Gasteiger partial charge >= 0.3 is 0 Å². The molecule has 188 valence electrons. The molecule has 0 aliphatic rings. The summed E-state index contributed by atoms with van der Waals surface area (Å²) in [6.07, 6.45) is 3.99. The summed E-state index contributed by atoms with van der Waals surface area (Å²) in [6, 6.07) is 13.2. The summed E-state index contributed by atoms with van der Waals surface area (Å²) in [5, 5.41) is 28.8. The van der Waals surface area contributed by atoms with E-state index in [1.165, 1.54) is 5.56 Å². The highest BCUT2D eigenvalue weighted by Gasteiger charge is 2.32. The molecule has 0 aliphatic heterocycles. The van der Waals surface area contributed by atoms with Crippen molar-refractivity contribution in [1.29, 1.82) is 0 Å². The Morgan fingerprint density at radius 3 is 1.73 bits per heavy atom. The maximum Gasteiger partial charge on any atom is 0.173 e. The smallest absolute Gasteiger partial charge is 0.173 e. The molecule has 2 aromatic carbocycles. The summed E-state index contributed by atoms with van der Waals surface area (Å²) in [5.41, 5.74) is 2.91. The summed E-state index contributed by atoms with van der Waals surface area (Å²) in [7, 11) is -1.96. The molecule has 5 nitrogen and oxygen atoms in total. The number of phenolic OH excluding ortho intramolecular Hbond substituents is 1. The van der Waals surface area contributed by atoms with E-state index in [1.807, 2.05) is 24.3 Å². The van der Waals surface area contributed by atoms with Crippen LogP contribution in [0.1, 0.15) is 44.4 Å². The number of hydrogen-bond acceptors (Lipinski definition) is 5. The second kappa shape index (κ2) is 13.8. The predicted octanol–water partition coefficient (Wildman–Crippen LogP) is 6.86. The van der Waals surface area contributed by atoms with Gasteiger partial charge < -0.3 is 24.2 Å². The molecule has 7 heteroatoms. The Balaban J connectivity index is 0.00000512. The minimum atomic E-state index is -1.77. The van der Waals surface area contributed by atoms with E-state index in [0.717, 1.165) is 43.3 Å². The number of ether oxygens (including phenoxy) is 1. The highest BCUT2D eigenvalue weighted by atomic mass is 28.4. The van der Waals surface area contributed by atoms with Gasteiger partial charge in [-0.15, -0.1) is 0 Å². The molecular weight excluding hydrogens is 448 g/mol. The third-order valence-electron chi connectivity index (χ3n) is 5.60. The van der Waals surface area contributed by atoms with Crippen molar-refractivity contribution >= 4 is 16.6 Å². The van der Waals surface area contributed by atoms with Crippen LogP contribution in [0.15, 0.2) is 36.4 Å². The number of benzene rings is 2. The molecule has 0 aliphatic carbocycles. The predicted molar refractivity (Wildman–Crippen MR) is 144 cm³/mol. The first-order valence-corrected chi connectivity index (χ1v) is 17.3. The van der Waals surface area contributed by atoms with Gasteiger partial charge in [0.25, 0.3) is 0 Å². The Kier molecular flexibility index (Phi) is 13.0. The number of aliphatic hydroxyl groups excluding tert-OH is 1. The van der Waals surface area contributed by atoms with Crippen molar-refractivity contribution in [2.75, 3.05) is 7.11 Å². The second-order valence-electron chi connectivity index (χ2n) is 9.46. The van der Waals surface area contributed by atoms with Crippen molar-refractivity contribution in [1.82, 2.24) is 0 Å². The minimum Gasteiger partial charge on any atom is -0.508 e. The third kappa shape index (κ3) is 10.3. The van der Waals surface area contributed by atoms with Crippen LogP contribution in [0.3, 0.4) is 0 Å².